The molecule has 3 atom stereocenters. The second kappa shape index (κ2) is 4.68. The minimum atomic E-state index is 0.608. The van der Waals surface area contributed by atoms with Crippen LogP contribution in [0.5, 0.6) is 0 Å². The summed E-state index contributed by atoms with van der Waals surface area (Å²) in [4.78, 5) is 4.08. The SMILES string of the molecule is CC1(C)[C@@H]2C[C@H](NCCc3n[nH]c4cncc(Cl)c34)C[C@@H]21. The van der Waals surface area contributed by atoms with Crippen LogP contribution in [0.25, 0.3) is 10.9 Å². The van der Waals surface area contributed by atoms with Crippen molar-refractivity contribution in [1.29, 1.82) is 0 Å². The Balaban J connectivity index is 1.35. The fraction of sp³-hybridized carbons (Fsp3) is 0.625. The van der Waals surface area contributed by atoms with Gasteiger partial charge in [-0.2, -0.15) is 5.10 Å². The Morgan fingerprint density at radius 2 is 2.10 bits per heavy atom. The molecule has 2 aliphatic carbocycles. The first-order valence-electron chi connectivity index (χ1n) is 7.77. The van der Waals surface area contributed by atoms with E-state index in [4.69, 9.17) is 11.6 Å². The van der Waals surface area contributed by atoms with Crippen molar-refractivity contribution < 1.29 is 0 Å². The van der Waals surface area contributed by atoms with E-state index in [0.29, 0.717) is 16.5 Å². The third-order valence-electron chi connectivity index (χ3n) is 5.66. The number of nitrogens with zero attached hydrogens (tertiary/aromatic N) is 2. The fourth-order valence-corrected chi connectivity index (χ4v) is 4.51. The smallest absolute Gasteiger partial charge is 0.0851 e. The number of halogens is 1. The first-order valence-corrected chi connectivity index (χ1v) is 8.15. The average Bonchev–Trinajstić information content (AvgIpc) is 2.87. The van der Waals surface area contributed by atoms with Gasteiger partial charge in [0, 0.05) is 30.6 Å². The van der Waals surface area contributed by atoms with Crippen LogP contribution >= 0.6 is 11.6 Å². The lowest BCUT2D eigenvalue weighted by atomic mass is 9.98. The number of nitrogens with one attached hydrogen (secondary N) is 2. The topological polar surface area (TPSA) is 53.6 Å². The highest BCUT2D eigenvalue weighted by Crippen LogP contribution is 2.66. The monoisotopic (exact) mass is 304 g/mol. The zero-order valence-corrected chi connectivity index (χ0v) is 13.2. The van der Waals surface area contributed by atoms with Gasteiger partial charge in [-0.3, -0.25) is 10.1 Å². The summed E-state index contributed by atoms with van der Waals surface area (Å²) in [5, 5.41) is 12.8. The Morgan fingerprint density at radius 3 is 2.86 bits per heavy atom. The van der Waals surface area contributed by atoms with Gasteiger partial charge in [-0.1, -0.05) is 25.4 Å². The van der Waals surface area contributed by atoms with E-state index >= 15 is 0 Å². The zero-order valence-electron chi connectivity index (χ0n) is 12.5. The lowest BCUT2D eigenvalue weighted by Gasteiger charge is -2.18. The molecular formula is C16H21ClN4. The van der Waals surface area contributed by atoms with Gasteiger partial charge in [0.05, 0.1) is 22.4 Å². The molecule has 0 unspecified atom stereocenters. The molecule has 0 spiro atoms. The minimum Gasteiger partial charge on any atom is -0.314 e. The summed E-state index contributed by atoms with van der Waals surface area (Å²) < 4.78 is 0. The van der Waals surface area contributed by atoms with E-state index < -0.39 is 0 Å². The predicted octanol–water partition coefficient (Wildman–Crippen LogP) is 3.18. The Labute approximate surface area is 129 Å². The third kappa shape index (κ3) is 2.16. The quantitative estimate of drug-likeness (QED) is 0.912. The van der Waals surface area contributed by atoms with Gasteiger partial charge in [-0.25, -0.2) is 0 Å². The number of pyridine rings is 1. The molecule has 2 fully saturated rings. The van der Waals surface area contributed by atoms with Gasteiger partial charge in [0.2, 0.25) is 0 Å². The normalized spacial score (nSPS) is 29.8. The molecule has 2 saturated carbocycles. The van der Waals surface area contributed by atoms with Gasteiger partial charge in [-0.05, 0) is 30.1 Å². The summed E-state index contributed by atoms with van der Waals surface area (Å²) in [6.45, 7) is 5.78. The highest BCUT2D eigenvalue weighted by Gasteiger charge is 2.61. The molecule has 0 radical (unpaired) electrons. The van der Waals surface area contributed by atoms with Crippen LogP contribution in [0, 0.1) is 17.3 Å². The molecule has 4 rings (SSSR count). The molecule has 2 N–H and O–H groups in total. The number of hydrogen-bond acceptors (Lipinski definition) is 3. The molecule has 0 bridgehead atoms. The molecule has 5 heteroatoms. The maximum absolute atomic E-state index is 6.22. The summed E-state index contributed by atoms with van der Waals surface area (Å²) in [6.07, 6.45) is 7.03. The highest BCUT2D eigenvalue weighted by molar-refractivity contribution is 6.35. The second-order valence-electron chi connectivity index (χ2n) is 7.12. The molecule has 0 aliphatic heterocycles. The number of aromatic amines is 1. The van der Waals surface area contributed by atoms with Crippen molar-refractivity contribution in [1.82, 2.24) is 20.5 Å². The lowest BCUT2D eigenvalue weighted by molar-refractivity contribution is 0.387. The van der Waals surface area contributed by atoms with E-state index in [9.17, 15) is 0 Å². The number of H-pyrrole nitrogens is 1. The van der Waals surface area contributed by atoms with Gasteiger partial charge in [0.1, 0.15) is 0 Å². The Hall–Kier alpha value is -1.13. The van der Waals surface area contributed by atoms with Crippen molar-refractivity contribution in [3.8, 4) is 0 Å². The summed E-state index contributed by atoms with van der Waals surface area (Å²) in [5.41, 5.74) is 2.56. The van der Waals surface area contributed by atoms with Crippen LogP contribution in [0.1, 0.15) is 32.4 Å². The third-order valence-corrected chi connectivity index (χ3v) is 5.95. The second-order valence-corrected chi connectivity index (χ2v) is 7.53. The number of fused-ring (bicyclic) bond motifs is 2. The lowest BCUT2D eigenvalue weighted by Crippen LogP contribution is -2.31. The van der Waals surface area contributed by atoms with Gasteiger partial charge in [0.15, 0.2) is 0 Å². The van der Waals surface area contributed by atoms with Crippen molar-refractivity contribution in [2.24, 2.45) is 17.3 Å². The van der Waals surface area contributed by atoms with Crippen LogP contribution in [-0.2, 0) is 6.42 Å². The predicted molar refractivity (Wildman–Crippen MR) is 84.4 cm³/mol. The molecule has 0 aromatic carbocycles. The molecule has 2 aliphatic rings. The van der Waals surface area contributed by atoms with Gasteiger partial charge in [-0.15, -0.1) is 0 Å². The van der Waals surface area contributed by atoms with Crippen molar-refractivity contribution in [2.45, 2.75) is 39.2 Å². The molecule has 112 valence electrons. The van der Waals surface area contributed by atoms with Crippen LogP contribution in [0.3, 0.4) is 0 Å². The first kappa shape index (κ1) is 13.5. The molecule has 2 aromatic rings. The summed E-state index contributed by atoms with van der Waals surface area (Å²) in [5.74, 6) is 1.89. The molecule has 2 aromatic heterocycles. The van der Waals surface area contributed by atoms with E-state index in [1.807, 2.05) is 0 Å². The van der Waals surface area contributed by atoms with Crippen LogP contribution < -0.4 is 5.32 Å². The minimum absolute atomic E-state index is 0.608. The van der Waals surface area contributed by atoms with Crippen LogP contribution in [0.2, 0.25) is 5.02 Å². The number of aromatic nitrogens is 3. The fourth-order valence-electron chi connectivity index (χ4n) is 4.24. The molecule has 2 heterocycles. The van der Waals surface area contributed by atoms with E-state index in [2.05, 4.69) is 34.3 Å². The van der Waals surface area contributed by atoms with Crippen molar-refractivity contribution in [2.75, 3.05) is 6.54 Å². The molecule has 0 saturated heterocycles. The molecule has 4 nitrogen and oxygen atoms in total. The van der Waals surface area contributed by atoms with E-state index in [0.717, 1.165) is 41.4 Å². The molecule has 0 amide bonds. The first-order chi connectivity index (χ1) is 10.1. The summed E-state index contributed by atoms with van der Waals surface area (Å²) >= 11 is 6.22. The standard InChI is InChI=1S/C16H21ClN4/c1-16(2)10-5-9(6-11(10)16)19-4-3-13-15-12(17)7-18-8-14(15)21-20-13/h7-11,19H,3-6H2,1-2H3,(H,20,21)/t9-,10+,11-. The van der Waals surface area contributed by atoms with E-state index in [1.54, 1.807) is 12.4 Å². The zero-order chi connectivity index (χ0) is 14.6. The summed E-state index contributed by atoms with van der Waals surface area (Å²) in [6, 6.07) is 0.690. The Morgan fingerprint density at radius 1 is 1.33 bits per heavy atom. The van der Waals surface area contributed by atoms with Crippen LogP contribution in [-0.4, -0.2) is 27.8 Å². The van der Waals surface area contributed by atoms with E-state index in [1.165, 1.54) is 12.8 Å². The van der Waals surface area contributed by atoms with Gasteiger partial charge >= 0.3 is 0 Å². The van der Waals surface area contributed by atoms with Gasteiger partial charge in [0.25, 0.3) is 0 Å². The average molecular weight is 305 g/mol. The van der Waals surface area contributed by atoms with Crippen LogP contribution in [0.4, 0.5) is 0 Å². The van der Waals surface area contributed by atoms with Crippen molar-refractivity contribution >= 4 is 22.5 Å². The number of rotatable bonds is 4. The molecular weight excluding hydrogens is 284 g/mol. The van der Waals surface area contributed by atoms with E-state index in [-0.39, 0.29) is 0 Å². The maximum Gasteiger partial charge on any atom is 0.0851 e. The van der Waals surface area contributed by atoms with Gasteiger partial charge < -0.3 is 5.32 Å². The Bertz CT molecular complexity index is 664. The maximum atomic E-state index is 6.22. The number of hydrogen-bond donors (Lipinski definition) is 2. The Kier molecular flexibility index (Phi) is 3.02. The summed E-state index contributed by atoms with van der Waals surface area (Å²) in [7, 11) is 0. The van der Waals surface area contributed by atoms with Crippen LogP contribution in [0.15, 0.2) is 12.4 Å². The molecule has 21 heavy (non-hydrogen) atoms. The van der Waals surface area contributed by atoms with Crippen molar-refractivity contribution in [3.05, 3.63) is 23.1 Å². The largest absolute Gasteiger partial charge is 0.314 e. The van der Waals surface area contributed by atoms with Crippen molar-refractivity contribution in [3.63, 3.8) is 0 Å². The highest BCUT2D eigenvalue weighted by atomic mass is 35.5.